The maximum absolute atomic E-state index is 3.52. The maximum atomic E-state index is 3.52. The number of hydrogen-bond donors (Lipinski definition) is 0. The molecule has 1 rings (SSSR count). The van der Waals surface area contributed by atoms with Gasteiger partial charge in [0.05, 0.1) is 0 Å². The molecule has 0 spiro atoms. The van der Waals surface area contributed by atoms with E-state index in [1.165, 1.54) is 5.56 Å². The van der Waals surface area contributed by atoms with Crippen LogP contribution in [0.15, 0.2) is 28.7 Å². The maximum Gasteiger partial charge on any atom is 0.0175 e. The van der Waals surface area contributed by atoms with Crippen molar-refractivity contribution in [3.05, 3.63) is 34.3 Å². The first-order valence-corrected chi connectivity index (χ1v) is 5.28. The fourth-order valence-corrected chi connectivity index (χ4v) is 1.58. The summed E-state index contributed by atoms with van der Waals surface area (Å²) in [6, 6.07) is 8.43. The van der Waals surface area contributed by atoms with Gasteiger partial charge in [-0.2, -0.15) is 0 Å². The second-order valence-corrected chi connectivity index (χ2v) is 5.09. The molecule has 60 valence electrons. The van der Waals surface area contributed by atoms with E-state index in [0.29, 0.717) is 4.83 Å². The van der Waals surface area contributed by atoms with Crippen LogP contribution in [0, 0.1) is 0 Å². The highest BCUT2D eigenvalue weighted by Crippen LogP contribution is 2.13. The van der Waals surface area contributed by atoms with Crippen LogP contribution >= 0.6 is 31.9 Å². The van der Waals surface area contributed by atoms with Crippen LogP contribution in [-0.2, 0) is 6.42 Å². The molecule has 0 saturated carbocycles. The lowest BCUT2D eigenvalue weighted by molar-refractivity contribution is 0.959. The normalized spacial score (nSPS) is 13.0. The molecule has 0 heterocycles. The van der Waals surface area contributed by atoms with Crippen molar-refractivity contribution in [3.8, 4) is 0 Å². The topological polar surface area (TPSA) is 0 Å². The van der Waals surface area contributed by atoms with E-state index in [2.05, 4.69) is 63.0 Å². The van der Waals surface area contributed by atoms with Crippen molar-refractivity contribution in [3.63, 3.8) is 0 Å². The Morgan fingerprint density at radius 2 is 1.82 bits per heavy atom. The molecule has 1 aromatic carbocycles. The fourth-order valence-electron chi connectivity index (χ4n) is 0.945. The third-order valence-electron chi connectivity index (χ3n) is 1.43. The number of hydrogen-bond acceptors (Lipinski definition) is 0. The summed E-state index contributed by atoms with van der Waals surface area (Å²) < 4.78 is 1.14. The summed E-state index contributed by atoms with van der Waals surface area (Å²) in [5.41, 5.74) is 1.37. The first kappa shape index (κ1) is 9.27. The van der Waals surface area contributed by atoms with Crippen LogP contribution in [0.5, 0.6) is 0 Å². The van der Waals surface area contributed by atoms with Gasteiger partial charge in [-0.05, 0) is 24.1 Å². The number of benzene rings is 1. The van der Waals surface area contributed by atoms with Gasteiger partial charge in [0.15, 0.2) is 0 Å². The molecule has 1 atom stereocenters. The van der Waals surface area contributed by atoms with Gasteiger partial charge in [0.25, 0.3) is 0 Å². The van der Waals surface area contributed by atoms with Gasteiger partial charge in [0.1, 0.15) is 0 Å². The molecule has 2 heteroatoms. The predicted octanol–water partition coefficient (Wildman–Crippen LogP) is 3.78. The number of halogens is 2. The molecule has 0 amide bonds. The van der Waals surface area contributed by atoms with Gasteiger partial charge < -0.3 is 0 Å². The van der Waals surface area contributed by atoms with Crippen molar-refractivity contribution in [2.45, 2.75) is 18.2 Å². The highest BCUT2D eigenvalue weighted by molar-refractivity contribution is 9.10. The zero-order chi connectivity index (χ0) is 8.27. The Morgan fingerprint density at radius 3 is 2.27 bits per heavy atom. The lowest BCUT2D eigenvalue weighted by atomic mass is 10.1. The van der Waals surface area contributed by atoms with Gasteiger partial charge >= 0.3 is 0 Å². The molecule has 11 heavy (non-hydrogen) atoms. The van der Waals surface area contributed by atoms with Crippen LogP contribution < -0.4 is 0 Å². The minimum atomic E-state index is 0.559. The highest BCUT2D eigenvalue weighted by Gasteiger charge is 1.97. The standard InChI is InChI=1S/C9H10Br2/c1-7(10)6-8-2-4-9(11)5-3-8/h2-5,7H,6H2,1H3. The Hall–Kier alpha value is 0.180. The Kier molecular flexibility index (Phi) is 3.60. The predicted molar refractivity (Wildman–Crippen MR) is 56.2 cm³/mol. The van der Waals surface area contributed by atoms with E-state index < -0.39 is 0 Å². The van der Waals surface area contributed by atoms with E-state index in [9.17, 15) is 0 Å². The van der Waals surface area contributed by atoms with Crippen LogP contribution in [0.3, 0.4) is 0 Å². The molecule has 0 aromatic heterocycles. The second-order valence-electron chi connectivity index (χ2n) is 2.61. The quantitative estimate of drug-likeness (QED) is 0.722. The Balaban J connectivity index is 2.66. The van der Waals surface area contributed by atoms with Crippen molar-refractivity contribution in [1.82, 2.24) is 0 Å². The number of rotatable bonds is 2. The molecule has 0 saturated heterocycles. The summed E-state index contributed by atoms with van der Waals surface area (Å²) in [6.07, 6.45) is 1.09. The summed E-state index contributed by atoms with van der Waals surface area (Å²) in [4.78, 5) is 0.559. The van der Waals surface area contributed by atoms with Crippen LogP contribution in [0.4, 0.5) is 0 Å². The van der Waals surface area contributed by atoms with Gasteiger partial charge in [-0.25, -0.2) is 0 Å². The molecular formula is C9H10Br2. The average Bonchev–Trinajstić information content (AvgIpc) is 1.93. The molecule has 0 nitrogen and oxygen atoms in total. The van der Waals surface area contributed by atoms with Crippen LogP contribution in [-0.4, -0.2) is 4.83 Å². The molecule has 0 radical (unpaired) electrons. The van der Waals surface area contributed by atoms with Gasteiger partial charge in [-0.3, -0.25) is 0 Å². The van der Waals surface area contributed by atoms with Crippen molar-refractivity contribution < 1.29 is 0 Å². The minimum absolute atomic E-state index is 0.559. The van der Waals surface area contributed by atoms with E-state index in [1.54, 1.807) is 0 Å². The Bertz CT molecular complexity index is 214. The van der Waals surface area contributed by atoms with E-state index in [1.807, 2.05) is 0 Å². The van der Waals surface area contributed by atoms with Crippen molar-refractivity contribution in [1.29, 1.82) is 0 Å². The molecule has 1 aromatic rings. The van der Waals surface area contributed by atoms with Crippen molar-refractivity contribution >= 4 is 31.9 Å². The minimum Gasteiger partial charge on any atom is -0.0890 e. The highest BCUT2D eigenvalue weighted by atomic mass is 79.9. The van der Waals surface area contributed by atoms with Crippen LogP contribution in [0.2, 0.25) is 0 Å². The van der Waals surface area contributed by atoms with E-state index in [-0.39, 0.29) is 0 Å². The van der Waals surface area contributed by atoms with Crippen molar-refractivity contribution in [2.75, 3.05) is 0 Å². The first-order chi connectivity index (χ1) is 5.18. The third kappa shape index (κ3) is 3.39. The smallest absolute Gasteiger partial charge is 0.0175 e. The average molecular weight is 278 g/mol. The Morgan fingerprint density at radius 1 is 1.27 bits per heavy atom. The zero-order valence-corrected chi connectivity index (χ0v) is 9.52. The first-order valence-electron chi connectivity index (χ1n) is 3.57. The van der Waals surface area contributed by atoms with Gasteiger partial charge in [-0.15, -0.1) is 0 Å². The monoisotopic (exact) mass is 276 g/mol. The van der Waals surface area contributed by atoms with E-state index in [4.69, 9.17) is 0 Å². The largest absolute Gasteiger partial charge is 0.0890 e. The van der Waals surface area contributed by atoms with E-state index >= 15 is 0 Å². The molecular weight excluding hydrogens is 268 g/mol. The molecule has 0 aliphatic rings. The Labute approximate surface area is 84.3 Å². The third-order valence-corrected chi connectivity index (χ3v) is 2.28. The fraction of sp³-hybridized carbons (Fsp3) is 0.333. The zero-order valence-electron chi connectivity index (χ0n) is 6.35. The summed E-state index contributed by atoms with van der Waals surface area (Å²) in [6.45, 7) is 2.15. The summed E-state index contributed by atoms with van der Waals surface area (Å²) in [5, 5.41) is 0. The molecule has 0 bridgehead atoms. The second kappa shape index (κ2) is 4.27. The molecule has 0 aliphatic carbocycles. The van der Waals surface area contributed by atoms with Crippen molar-refractivity contribution in [2.24, 2.45) is 0 Å². The number of alkyl halides is 1. The molecule has 1 unspecified atom stereocenters. The molecule has 0 N–H and O–H groups in total. The molecule has 0 fully saturated rings. The summed E-state index contributed by atoms with van der Waals surface area (Å²) >= 11 is 6.92. The summed E-state index contributed by atoms with van der Waals surface area (Å²) in [5.74, 6) is 0. The van der Waals surface area contributed by atoms with E-state index in [0.717, 1.165) is 10.9 Å². The van der Waals surface area contributed by atoms with Gasteiger partial charge in [-0.1, -0.05) is 50.9 Å². The summed E-state index contributed by atoms with van der Waals surface area (Å²) in [7, 11) is 0. The SMILES string of the molecule is CC(Br)Cc1ccc(Br)cc1. The lowest BCUT2D eigenvalue weighted by Gasteiger charge is -2.02. The van der Waals surface area contributed by atoms with Gasteiger partial charge in [0, 0.05) is 9.30 Å². The van der Waals surface area contributed by atoms with Crippen LogP contribution in [0.1, 0.15) is 12.5 Å². The molecule has 0 aliphatic heterocycles. The van der Waals surface area contributed by atoms with Crippen LogP contribution in [0.25, 0.3) is 0 Å². The van der Waals surface area contributed by atoms with Gasteiger partial charge in [0.2, 0.25) is 0 Å². The lowest BCUT2D eigenvalue weighted by Crippen LogP contribution is -1.95.